The van der Waals surface area contributed by atoms with Crippen LogP contribution in [0.25, 0.3) is 0 Å². The summed E-state index contributed by atoms with van der Waals surface area (Å²) in [5.74, 6) is 2.87. The molecular weight excluding hydrogens is 352 g/mol. The molecule has 1 saturated carbocycles. The van der Waals surface area contributed by atoms with E-state index in [1.165, 1.54) is 30.4 Å². The average Bonchev–Trinajstić information content (AvgIpc) is 3.08. The number of hydrogen-bond donors (Lipinski definition) is 0. The van der Waals surface area contributed by atoms with Crippen LogP contribution >= 0.6 is 0 Å². The fraction of sp³-hybridized carbons (Fsp3) is 0.667. The Balaban J connectivity index is 0.00000109. The molecule has 3 aliphatic carbocycles. The quantitative estimate of drug-likeness (QED) is 0.488. The maximum absolute atomic E-state index is 5.99. The molecule has 0 spiro atoms. The Morgan fingerprint density at radius 2 is 1.82 bits per heavy atom. The van der Waals surface area contributed by atoms with E-state index in [9.17, 15) is 0 Å². The number of methoxy groups -OCH3 is 2. The Morgan fingerprint density at radius 3 is 2.57 bits per heavy atom. The van der Waals surface area contributed by atoms with Crippen molar-refractivity contribution in [3.8, 4) is 5.75 Å². The molecular formula is C24H36O4. The molecule has 1 aromatic carbocycles. The van der Waals surface area contributed by atoms with E-state index in [1.54, 1.807) is 14.2 Å². The number of aryl methyl sites for hydroxylation is 1. The average molecular weight is 389 g/mol. The topological polar surface area (TPSA) is 36.9 Å². The number of ether oxygens (including phenoxy) is 4. The van der Waals surface area contributed by atoms with Gasteiger partial charge >= 0.3 is 0 Å². The van der Waals surface area contributed by atoms with Gasteiger partial charge in [-0.1, -0.05) is 39.0 Å². The van der Waals surface area contributed by atoms with Gasteiger partial charge in [-0.3, -0.25) is 0 Å². The lowest BCUT2D eigenvalue weighted by molar-refractivity contribution is -0.114. The third kappa shape index (κ3) is 3.87. The molecule has 156 valence electrons. The largest absolute Gasteiger partial charge is 0.468 e. The summed E-state index contributed by atoms with van der Waals surface area (Å²) in [5.41, 5.74) is 3.19. The maximum atomic E-state index is 5.99. The minimum atomic E-state index is 0.180. The van der Waals surface area contributed by atoms with Crippen molar-refractivity contribution in [2.24, 2.45) is 17.3 Å². The minimum absolute atomic E-state index is 0.180. The summed E-state index contributed by atoms with van der Waals surface area (Å²) < 4.78 is 21.8. The molecule has 3 aliphatic rings. The smallest absolute Gasteiger partial charge is 0.188 e. The van der Waals surface area contributed by atoms with Gasteiger partial charge in [0.05, 0.1) is 6.10 Å². The standard InChI is InChI=1S/C22H30O4.C2H6/c1-22-11-10-18-17-7-5-16(25-13-23-2)12-15(17)4-6-19(18)20(22)8-9-21(22)26-14-24-3;1-2/h5,7-9,12,18-21H,4,6,10-11,13-14H2,1-3H3;1-2H3. The highest BCUT2D eigenvalue weighted by Crippen LogP contribution is 2.59. The molecule has 4 nitrogen and oxygen atoms in total. The Morgan fingerprint density at radius 1 is 1.04 bits per heavy atom. The van der Waals surface area contributed by atoms with Crippen LogP contribution in [0.4, 0.5) is 0 Å². The van der Waals surface area contributed by atoms with Gasteiger partial charge in [0.1, 0.15) is 12.5 Å². The molecule has 0 bridgehead atoms. The van der Waals surface area contributed by atoms with Crippen LogP contribution in [0.15, 0.2) is 30.4 Å². The van der Waals surface area contributed by atoms with Crippen LogP contribution in [-0.4, -0.2) is 33.9 Å². The molecule has 4 rings (SSSR count). The van der Waals surface area contributed by atoms with E-state index in [-0.39, 0.29) is 11.5 Å². The van der Waals surface area contributed by atoms with E-state index < -0.39 is 0 Å². The number of hydrogen-bond acceptors (Lipinski definition) is 4. The van der Waals surface area contributed by atoms with Gasteiger partial charge in [0.25, 0.3) is 0 Å². The maximum Gasteiger partial charge on any atom is 0.188 e. The van der Waals surface area contributed by atoms with Gasteiger partial charge in [-0.05, 0) is 66.7 Å². The van der Waals surface area contributed by atoms with Crippen molar-refractivity contribution in [1.29, 1.82) is 0 Å². The number of allylic oxidation sites excluding steroid dienone is 1. The second-order valence-corrected chi connectivity index (χ2v) is 8.17. The lowest BCUT2D eigenvalue weighted by Crippen LogP contribution is -2.45. The number of benzene rings is 1. The van der Waals surface area contributed by atoms with Crippen molar-refractivity contribution in [3.05, 3.63) is 41.5 Å². The van der Waals surface area contributed by atoms with Crippen molar-refractivity contribution >= 4 is 0 Å². The molecule has 0 heterocycles. The van der Waals surface area contributed by atoms with Crippen LogP contribution in [0.5, 0.6) is 5.75 Å². The zero-order valence-electron chi connectivity index (χ0n) is 18.1. The van der Waals surface area contributed by atoms with Crippen LogP contribution < -0.4 is 4.74 Å². The molecule has 0 radical (unpaired) electrons. The number of fused-ring (bicyclic) bond motifs is 5. The highest BCUT2D eigenvalue weighted by Gasteiger charge is 2.53. The first-order valence-corrected chi connectivity index (χ1v) is 10.7. The lowest BCUT2D eigenvalue weighted by Gasteiger charge is -2.50. The van der Waals surface area contributed by atoms with E-state index in [4.69, 9.17) is 18.9 Å². The zero-order valence-corrected chi connectivity index (χ0v) is 18.1. The molecule has 0 aromatic heterocycles. The zero-order chi connectivity index (χ0) is 20.1. The highest BCUT2D eigenvalue weighted by atomic mass is 16.7. The van der Waals surface area contributed by atoms with Crippen molar-refractivity contribution in [1.82, 2.24) is 0 Å². The molecule has 5 unspecified atom stereocenters. The van der Waals surface area contributed by atoms with Gasteiger partial charge in [-0.25, -0.2) is 0 Å². The summed E-state index contributed by atoms with van der Waals surface area (Å²) in [4.78, 5) is 0. The summed E-state index contributed by atoms with van der Waals surface area (Å²) >= 11 is 0. The van der Waals surface area contributed by atoms with E-state index >= 15 is 0 Å². The predicted octanol–water partition coefficient (Wildman–Crippen LogP) is 5.32. The summed E-state index contributed by atoms with van der Waals surface area (Å²) in [5, 5.41) is 0. The molecule has 1 fully saturated rings. The second kappa shape index (κ2) is 9.43. The molecule has 0 saturated heterocycles. The van der Waals surface area contributed by atoms with Crippen LogP contribution in [0.1, 0.15) is 57.1 Å². The number of rotatable bonds is 6. The first-order chi connectivity index (χ1) is 13.7. The van der Waals surface area contributed by atoms with Gasteiger partial charge in [0, 0.05) is 19.6 Å². The monoisotopic (exact) mass is 388 g/mol. The van der Waals surface area contributed by atoms with Gasteiger partial charge in [0.15, 0.2) is 6.79 Å². The minimum Gasteiger partial charge on any atom is -0.468 e. The third-order valence-electron chi connectivity index (χ3n) is 6.85. The van der Waals surface area contributed by atoms with Gasteiger partial charge in [-0.15, -0.1) is 0 Å². The van der Waals surface area contributed by atoms with E-state index in [2.05, 4.69) is 37.3 Å². The van der Waals surface area contributed by atoms with Gasteiger partial charge in [0.2, 0.25) is 0 Å². The fourth-order valence-electron chi connectivity index (χ4n) is 5.57. The normalized spacial score (nSPS) is 32.6. The Hall–Kier alpha value is -1.36. The van der Waals surface area contributed by atoms with Crippen LogP contribution in [0, 0.1) is 17.3 Å². The molecule has 1 aromatic rings. The molecule has 0 aliphatic heterocycles. The SMILES string of the molecule is CC.COCOc1ccc2c(c1)CCC1C2CCC2(C)C(OCOC)C=CC12. The summed E-state index contributed by atoms with van der Waals surface area (Å²) in [7, 11) is 3.35. The van der Waals surface area contributed by atoms with E-state index in [0.717, 1.165) is 12.2 Å². The summed E-state index contributed by atoms with van der Waals surface area (Å²) in [6.45, 7) is 7.09. The van der Waals surface area contributed by atoms with Crippen molar-refractivity contribution in [3.63, 3.8) is 0 Å². The second-order valence-electron chi connectivity index (χ2n) is 8.17. The van der Waals surface area contributed by atoms with Crippen molar-refractivity contribution in [2.45, 2.75) is 58.5 Å². The molecule has 28 heavy (non-hydrogen) atoms. The molecule has 4 heteroatoms. The van der Waals surface area contributed by atoms with Crippen molar-refractivity contribution in [2.75, 3.05) is 27.8 Å². The van der Waals surface area contributed by atoms with Gasteiger partial charge < -0.3 is 18.9 Å². The Bertz CT molecular complexity index is 671. The highest BCUT2D eigenvalue weighted by molar-refractivity contribution is 5.41. The van der Waals surface area contributed by atoms with Gasteiger partial charge in [-0.2, -0.15) is 0 Å². The van der Waals surface area contributed by atoms with Crippen molar-refractivity contribution < 1.29 is 18.9 Å². The third-order valence-corrected chi connectivity index (χ3v) is 6.85. The predicted molar refractivity (Wildman–Crippen MR) is 112 cm³/mol. The summed E-state index contributed by atoms with van der Waals surface area (Å²) in [6.07, 6.45) is 9.69. The first kappa shape index (κ1) is 21.4. The molecule has 0 N–H and O–H groups in total. The first-order valence-electron chi connectivity index (χ1n) is 10.7. The van der Waals surface area contributed by atoms with E-state index in [1.807, 2.05) is 13.8 Å². The Kier molecular flexibility index (Phi) is 7.19. The fourth-order valence-corrected chi connectivity index (χ4v) is 5.57. The Labute approximate surface area is 170 Å². The van der Waals surface area contributed by atoms with Crippen LogP contribution in [0.3, 0.4) is 0 Å². The summed E-state index contributed by atoms with van der Waals surface area (Å²) in [6, 6.07) is 6.60. The van der Waals surface area contributed by atoms with Crippen LogP contribution in [0.2, 0.25) is 0 Å². The van der Waals surface area contributed by atoms with Crippen LogP contribution in [-0.2, 0) is 20.6 Å². The molecule has 0 amide bonds. The lowest BCUT2D eigenvalue weighted by atomic mass is 9.55. The van der Waals surface area contributed by atoms with E-state index in [0.29, 0.717) is 31.3 Å². The molecule has 5 atom stereocenters.